The van der Waals surface area contributed by atoms with Gasteiger partial charge in [-0.15, -0.1) is 0 Å². The number of urea groups is 1. The van der Waals surface area contributed by atoms with Gasteiger partial charge in [0.15, 0.2) is 0 Å². The topological polar surface area (TPSA) is 58.2 Å². The summed E-state index contributed by atoms with van der Waals surface area (Å²) in [5.74, 6) is -0.531. The van der Waals surface area contributed by atoms with Crippen LogP contribution in [0.25, 0.3) is 0 Å². The summed E-state index contributed by atoms with van der Waals surface area (Å²) in [5, 5.41) is 4.56. The molecule has 0 unspecified atom stereocenters. The second kappa shape index (κ2) is 4.73. The summed E-state index contributed by atoms with van der Waals surface area (Å²) in [4.78, 5) is 21.2. The van der Waals surface area contributed by atoms with Crippen molar-refractivity contribution in [3.8, 4) is 0 Å². The first-order valence-corrected chi connectivity index (χ1v) is 3.30. The molecule has 0 rings (SSSR count). The van der Waals surface area contributed by atoms with Gasteiger partial charge in [-0.3, -0.25) is 10.1 Å². The molecule has 0 heterocycles. The monoisotopic (exact) mass is 176 g/mol. The number of rotatable bonds is 1. The highest BCUT2D eigenvalue weighted by Gasteiger charge is 2.00. The maximum absolute atomic E-state index is 10.7. The van der Waals surface area contributed by atoms with Crippen molar-refractivity contribution < 1.29 is 9.59 Å². The van der Waals surface area contributed by atoms with E-state index in [1.165, 1.54) is 7.05 Å². The van der Waals surface area contributed by atoms with Crippen LogP contribution in [0.2, 0.25) is 0 Å². The molecule has 5 heteroatoms. The molecule has 0 aromatic rings. The van der Waals surface area contributed by atoms with Gasteiger partial charge in [0.2, 0.25) is 0 Å². The quantitative estimate of drug-likeness (QED) is 0.575. The van der Waals surface area contributed by atoms with E-state index in [1.807, 2.05) is 5.32 Å². The molecule has 0 fully saturated rings. The van der Waals surface area contributed by atoms with E-state index in [0.717, 1.165) is 6.08 Å². The summed E-state index contributed by atoms with van der Waals surface area (Å²) < 4.78 is 0. The SMILES string of the molecule is CNC(=O)NC(=O)/C=C(/C)Cl. The Morgan fingerprint density at radius 2 is 2.00 bits per heavy atom. The lowest BCUT2D eigenvalue weighted by molar-refractivity contribution is -0.115. The fourth-order valence-electron chi connectivity index (χ4n) is 0.391. The molecule has 62 valence electrons. The molecule has 0 radical (unpaired) electrons. The van der Waals surface area contributed by atoms with Gasteiger partial charge >= 0.3 is 6.03 Å². The van der Waals surface area contributed by atoms with E-state index in [1.54, 1.807) is 6.92 Å². The van der Waals surface area contributed by atoms with Crippen LogP contribution in [0.15, 0.2) is 11.1 Å². The average Bonchev–Trinajstić information content (AvgIpc) is 1.85. The molecule has 0 bridgehead atoms. The summed E-state index contributed by atoms with van der Waals surface area (Å²) in [6.07, 6.45) is 1.12. The maximum atomic E-state index is 10.7. The lowest BCUT2D eigenvalue weighted by Gasteiger charge is -1.97. The van der Waals surface area contributed by atoms with Crippen LogP contribution in [-0.2, 0) is 4.79 Å². The number of allylic oxidation sites excluding steroid dienone is 1. The number of hydrogen-bond donors (Lipinski definition) is 2. The molecule has 0 saturated carbocycles. The molecule has 11 heavy (non-hydrogen) atoms. The van der Waals surface area contributed by atoms with Crippen molar-refractivity contribution >= 4 is 23.5 Å². The van der Waals surface area contributed by atoms with Crippen molar-refractivity contribution in [1.82, 2.24) is 10.6 Å². The van der Waals surface area contributed by atoms with Crippen LogP contribution >= 0.6 is 11.6 Å². The molecular formula is C6H9ClN2O2. The molecule has 0 atom stereocenters. The summed E-state index contributed by atoms with van der Waals surface area (Å²) in [7, 11) is 1.42. The van der Waals surface area contributed by atoms with Gasteiger partial charge < -0.3 is 5.32 Å². The number of hydrogen-bond acceptors (Lipinski definition) is 2. The van der Waals surface area contributed by atoms with Crippen LogP contribution in [-0.4, -0.2) is 19.0 Å². The van der Waals surface area contributed by atoms with Crippen LogP contribution < -0.4 is 10.6 Å². The van der Waals surface area contributed by atoms with Gasteiger partial charge in [-0.25, -0.2) is 4.79 Å². The van der Waals surface area contributed by atoms with Crippen LogP contribution in [0.3, 0.4) is 0 Å². The fraction of sp³-hybridized carbons (Fsp3) is 0.333. The number of nitrogens with one attached hydrogen (secondary N) is 2. The van der Waals surface area contributed by atoms with E-state index in [-0.39, 0.29) is 0 Å². The molecule has 0 aliphatic rings. The number of halogens is 1. The molecule has 0 saturated heterocycles. The molecular weight excluding hydrogens is 168 g/mol. The minimum Gasteiger partial charge on any atom is -0.341 e. The summed E-state index contributed by atoms with van der Waals surface area (Å²) in [6.45, 7) is 1.55. The Balaban J connectivity index is 3.89. The van der Waals surface area contributed by atoms with Gasteiger partial charge in [-0.05, 0) is 6.92 Å². The molecule has 0 aliphatic heterocycles. The predicted molar refractivity (Wildman–Crippen MR) is 42.2 cm³/mol. The van der Waals surface area contributed by atoms with Gasteiger partial charge in [0.25, 0.3) is 5.91 Å². The molecule has 0 aromatic carbocycles. The van der Waals surface area contributed by atoms with Crippen LogP contribution in [0.4, 0.5) is 4.79 Å². The Hall–Kier alpha value is -1.03. The van der Waals surface area contributed by atoms with Crippen LogP contribution in [0.1, 0.15) is 6.92 Å². The van der Waals surface area contributed by atoms with Crippen molar-refractivity contribution in [3.05, 3.63) is 11.1 Å². The number of amides is 3. The average molecular weight is 177 g/mol. The number of carbonyl (C=O) groups is 2. The van der Waals surface area contributed by atoms with Crippen molar-refractivity contribution in [2.75, 3.05) is 7.05 Å². The Kier molecular flexibility index (Phi) is 4.29. The first-order valence-electron chi connectivity index (χ1n) is 2.92. The third-order valence-corrected chi connectivity index (χ3v) is 0.903. The predicted octanol–water partition coefficient (Wildman–Crippen LogP) is 0.585. The highest BCUT2D eigenvalue weighted by atomic mass is 35.5. The maximum Gasteiger partial charge on any atom is 0.321 e. The molecule has 2 N–H and O–H groups in total. The normalized spacial score (nSPS) is 10.6. The minimum absolute atomic E-state index is 0.325. The van der Waals surface area contributed by atoms with Gasteiger partial charge in [0, 0.05) is 18.2 Å². The Bertz CT molecular complexity index is 197. The summed E-state index contributed by atoms with van der Waals surface area (Å²) >= 11 is 5.37. The number of carbonyl (C=O) groups excluding carboxylic acids is 2. The Morgan fingerprint density at radius 3 is 2.36 bits per heavy atom. The standard InChI is InChI=1S/C6H9ClN2O2/c1-4(7)3-5(10)9-6(11)8-2/h3H,1-2H3,(H2,8,9,10,11)/b4-3-. The van der Waals surface area contributed by atoms with E-state index in [0.29, 0.717) is 5.03 Å². The second-order valence-corrected chi connectivity index (χ2v) is 2.40. The zero-order valence-electron chi connectivity index (χ0n) is 6.27. The van der Waals surface area contributed by atoms with Crippen molar-refractivity contribution in [2.45, 2.75) is 6.92 Å². The van der Waals surface area contributed by atoms with Crippen molar-refractivity contribution in [3.63, 3.8) is 0 Å². The van der Waals surface area contributed by atoms with Crippen molar-refractivity contribution in [2.24, 2.45) is 0 Å². The Morgan fingerprint density at radius 1 is 1.45 bits per heavy atom. The fourth-order valence-corrected chi connectivity index (χ4v) is 0.490. The molecule has 4 nitrogen and oxygen atoms in total. The van der Waals surface area contributed by atoms with Gasteiger partial charge in [0.1, 0.15) is 0 Å². The van der Waals surface area contributed by atoms with Crippen LogP contribution in [0, 0.1) is 0 Å². The Labute approximate surface area is 69.6 Å². The van der Waals surface area contributed by atoms with Gasteiger partial charge in [-0.2, -0.15) is 0 Å². The largest absolute Gasteiger partial charge is 0.341 e. The van der Waals surface area contributed by atoms with Gasteiger partial charge in [-0.1, -0.05) is 11.6 Å². The van der Waals surface area contributed by atoms with E-state index in [9.17, 15) is 9.59 Å². The minimum atomic E-state index is -0.552. The lowest BCUT2D eigenvalue weighted by atomic mass is 10.5. The van der Waals surface area contributed by atoms with Crippen molar-refractivity contribution in [1.29, 1.82) is 0 Å². The molecule has 3 amide bonds. The first kappa shape index (κ1) is 9.97. The zero-order valence-corrected chi connectivity index (χ0v) is 7.03. The van der Waals surface area contributed by atoms with Crippen LogP contribution in [0.5, 0.6) is 0 Å². The van der Waals surface area contributed by atoms with Gasteiger partial charge in [0.05, 0.1) is 0 Å². The number of imide groups is 1. The van der Waals surface area contributed by atoms with E-state index < -0.39 is 11.9 Å². The highest BCUT2D eigenvalue weighted by molar-refractivity contribution is 6.30. The summed E-state index contributed by atoms with van der Waals surface area (Å²) in [5.41, 5.74) is 0. The third kappa shape index (κ3) is 5.42. The van der Waals surface area contributed by atoms with E-state index in [4.69, 9.17) is 11.6 Å². The molecule has 0 spiro atoms. The smallest absolute Gasteiger partial charge is 0.321 e. The molecule has 0 aromatic heterocycles. The third-order valence-electron chi connectivity index (χ3n) is 0.794. The highest BCUT2D eigenvalue weighted by Crippen LogP contribution is 1.95. The second-order valence-electron chi connectivity index (χ2n) is 1.80. The van der Waals surface area contributed by atoms with E-state index >= 15 is 0 Å². The molecule has 0 aliphatic carbocycles. The lowest BCUT2D eigenvalue weighted by Crippen LogP contribution is -2.36. The van der Waals surface area contributed by atoms with E-state index in [2.05, 4.69) is 5.32 Å². The first-order chi connectivity index (χ1) is 5.06. The summed E-state index contributed by atoms with van der Waals surface area (Å²) in [6, 6.07) is -0.552. The zero-order chi connectivity index (χ0) is 8.85.